The molecule has 0 radical (unpaired) electrons. The van der Waals surface area contributed by atoms with Crippen LogP contribution < -0.4 is 10.9 Å². The van der Waals surface area contributed by atoms with Gasteiger partial charge in [-0.25, -0.2) is 5.10 Å². The van der Waals surface area contributed by atoms with E-state index in [0.29, 0.717) is 12.1 Å². The topological polar surface area (TPSA) is 57.8 Å². The number of aromatic amines is 1. The fourth-order valence-corrected chi connectivity index (χ4v) is 1.59. The first kappa shape index (κ1) is 15.9. The molecule has 4 nitrogen and oxygen atoms in total. The van der Waals surface area contributed by atoms with Crippen LogP contribution in [-0.2, 0) is 12.4 Å². The molecule has 0 amide bonds. The first-order valence-electron chi connectivity index (χ1n) is 5.68. The van der Waals surface area contributed by atoms with Crippen LogP contribution in [0.25, 0.3) is 0 Å². The molecule has 2 rings (SSSR count). The Balaban J connectivity index is 2.46. The van der Waals surface area contributed by atoms with Crippen LogP contribution in [0.4, 0.5) is 37.8 Å². The van der Waals surface area contributed by atoms with Gasteiger partial charge < -0.3 is 5.32 Å². The maximum Gasteiger partial charge on any atom is 0.416 e. The standard InChI is InChI=1S/C12H7F6N3O/c13-11(14,15)6-3-7(12(16,17)18)5-8(4-6)19-9-1-2-10(22)21-20-9/h1-5H,(H,19,20)(H,21,22). The molecule has 1 heterocycles. The molecular weight excluding hydrogens is 316 g/mol. The summed E-state index contributed by atoms with van der Waals surface area (Å²) < 4.78 is 76.0. The molecule has 10 heteroatoms. The van der Waals surface area contributed by atoms with Crippen LogP contribution in [0, 0.1) is 0 Å². The lowest BCUT2D eigenvalue weighted by Crippen LogP contribution is -2.12. The van der Waals surface area contributed by atoms with Crippen molar-refractivity contribution in [3.63, 3.8) is 0 Å². The van der Waals surface area contributed by atoms with Crippen molar-refractivity contribution in [2.24, 2.45) is 0 Å². The Morgan fingerprint density at radius 3 is 1.86 bits per heavy atom. The summed E-state index contributed by atoms with van der Waals surface area (Å²) in [7, 11) is 0. The lowest BCUT2D eigenvalue weighted by atomic mass is 10.1. The number of halogens is 6. The van der Waals surface area contributed by atoms with Gasteiger partial charge in [-0.15, -0.1) is 0 Å². The minimum Gasteiger partial charge on any atom is -0.339 e. The predicted octanol–water partition coefficient (Wildman–Crippen LogP) is 3.55. The molecule has 2 N–H and O–H groups in total. The van der Waals surface area contributed by atoms with E-state index < -0.39 is 34.7 Å². The summed E-state index contributed by atoms with van der Waals surface area (Å²) in [6, 6.07) is 3.19. The molecule has 1 aromatic carbocycles. The van der Waals surface area contributed by atoms with Gasteiger partial charge in [0.1, 0.15) is 0 Å². The number of hydrogen-bond acceptors (Lipinski definition) is 3. The molecule has 0 saturated heterocycles. The number of nitrogens with one attached hydrogen (secondary N) is 2. The van der Waals surface area contributed by atoms with E-state index >= 15 is 0 Å². The summed E-state index contributed by atoms with van der Waals surface area (Å²) in [6.45, 7) is 0. The average Bonchev–Trinajstić information content (AvgIpc) is 2.39. The van der Waals surface area contributed by atoms with Gasteiger partial charge in [0.15, 0.2) is 5.82 Å². The average molecular weight is 323 g/mol. The Labute approximate surface area is 118 Å². The van der Waals surface area contributed by atoms with E-state index in [9.17, 15) is 31.1 Å². The van der Waals surface area contributed by atoms with Crippen molar-refractivity contribution in [2.75, 3.05) is 5.32 Å². The molecule has 0 aliphatic carbocycles. The summed E-state index contributed by atoms with van der Waals surface area (Å²) >= 11 is 0. The van der Waals surface area contributed by atoms with Crippen molar-refractivity contribution in [3.8, 4) is 0 Å². The minimum absolute atomic E-state index is 0.0193. The van der Waals surface area contributed by atoms with E-state index in [-0.39, 0.29) is 11.9 Å². The van der Waals surface area contributed by atoms with Crippen molar-refractivity contribution in [2.45, 2.75) is 12.4 Å². The number of aromatic nitrogens is 2. The summed E-state index contributed by atoms with van der Waals surface area (Å²) in [5.41, 5.74) is -3.92. The Kier molecular flexibility index (Phi) is 3.86. The van der Waals surface area contributed by atoms with Gasteiger partial charge in [0.25, 0.3) is 5.56 Å². The molecule has 118 valence electrons. The number of H-pyrrole nitrogens is 1. The molecule has 0 saturated carbocycles. The molecule has 0 aliphatic heterocycles. The third kappa shape index (κ3) is 3.77. The van der Waals surface area contributed by atoms with Crippen LogP contribution in [0.3, 0.4) is 0 Å². The van der Waals surface area contributed by atoms with Gasteiger partial charge in [0.05, 0.1) is 11.1 Å². The van der Waals surface area contributed by atoms with Crippen molar-refractivity contribution in [3.05, 3.63) is 51.8 Å². The number of alkyl halides is 6. The molecule has 0 fully saturated rings. The van der Waals surface area contributed by atoms with Crippen LogP contribution in [0.2, 0.25) is 0 Å². The molecule has 22 heavy (non-hydrogen) atoms. The first-order chi connectivity index (χ1) is 10.1. The molecule has 2 aromatic rings. The zero-order chi connectivity index (χ0) is 16.5. The zero-order valence-corrected chi connectivity index (χ0v) is 10.5. The minimum atomic E-state index is -4.93. The van der Waals surface area contributed by atoms with Crippen molar-refractivity contribution >= 4 is 11.5 Å². The summed E-state index contributed by atoms with van der Waals surface area (Å²) in [4.78, 5) is 10.8. The number of benzene rings is 1. The summed E-state index contributed by atoms with van der Waals surface area (Å²) in [5, 5.41) is 7.72. The zero-order valence-electron chi connectivity index (χ0n) is 10.5. The maximum absolute atomic E-state index is 12.7. The Morgan fingerprint density at radius 1 is 0.909 bits per heavy atom. The first-order valence-corrected chi connectivity index (χ1v) is 5.68. The van der Waals surface area contributed by atoms with Crippen LogP contribution in [0.15, 0.2) is 35.1 Å². The second-order valence-corrected chi connectivity index (χ2v) is 4.23. The largest absolute Gasteiger partial charge is 0.416 e. The number of anilines is 2. The van der Waals surface area contributed by atoms with Crippen LogP contribution in [-0.4, -0.2) is 10.2 Å². The SMILES string of the molecule is O=c1ccc(Nc2cc(C(F)(F)F)cc(C(F)(F)F)c2)n[nH]1. The Bertz CT molecular complexity index is 682. The molecule has 0 bridgehead atoms. The second-order valence-electron chi connectivity index (χ2n) is 4.23. The second kappa shape index (κ2) is 5.35. The Morgan fingerprint density at radius 2 is 1.45 bits per heavy atom. The van der Waals surface area contributed by atoms with E-state index in [1.54, 1.807) is 0 Å². The lowest BCUT2D eigenvalue weighted by Gasteiger charge is -2.14. The van der Waals surface area contributed by atoms with Crippen molar-refractivity contribution in [1.82, 2.24) is 10.2 Å². The highest BCUT2D eigenvalue weighted by atomic mass is 19.4. The highest BCUT2D eigenvalue weighted by molar-refractivity contribution is 5.58. The third-order valence-corrected chi connectivity index (χ3v) is 2.54. The predicted molar refractivity (Wildman–Crippen MR) is 64.6 cm³/mol. The van der Waals surface area contributed by atoms with Gasteiger partial charge in [-0.2, -0.15) is 31.4 Å². The molecule has 1 aromatic heterocycles. The fourth-order valence-electron chi connectivity index (χ4n) is 1.59. The molecule has 0 aliphatic rings. The van der Waals surface area contributed by atoms with Gasteiger partial charge >= 0.3 is 12.4 Å². The summed E-state index contributed by atoms with van der Waals surface area (Å²) in [6.07, 6.45) is -9.87. The van der Waals surface area contributed by atoms with E-state index in [2.05, 4.69) is 10.4 Å². The van der Waals surface area contributed by atoms with E-state index in [4.69, 9.17) is 0 Å². The highest BCUT2D eigenvalue weighted by Gasteiger charge is 2.36. The Hall–Kier alpha value is -2.52. The van der Waals surface area contributed by atoms with E-state index in [1.807, 2.05) is 5.10 Å². The van der Waals surface area contributed by atoms with E-state index in [0.717, 1.165) is 12.1 Å². The molecule has 0 atom stereocenters. The molecule has 0 spiro atoms. The molecular formula is C12H7F6N3O. The summed E-state index contributed by atoms with van der Waals surface area (Å²) in [5.74, 6) is -0.105. The number of rotatable bonds is 2. The smallest absolute Gasteiger partial charge is 0.339 e. The highest BCUT2D eigenvalue weighted by Crippen LogP contribution is 2.37. The normalized spacial score (nSPS) is 12.3. The lowest BCUT2D eigenvalue weighted by molar-refractivity contribution is -0.143. The van der Waals surface area contributed by atoms with Crippen LogP contribution >= 0.6 is 0 Å². The van der Waals surface area contributed by atoms with Crippen LogP contribution in [0.5, 0.6) is 0 Å². The van der Waals surface area contributed by atoms with Crippen molar-refractivity contribution in [1.29, 1.82) is 0 Å². The number of nitrogens with zero attached hydrogens (tertiary/aromatic N) is 1. The van der Waals surface area contributed by atoms with Gasteiger partial charge in [0, 0.05) is 11.8 Å². The third-order valence-electron chi connectivity index (χ3n) is 2.54. The van der Waals surface area contributed by atoms with E-state index in [1.165, 1.54) is 0 Å². The maximum atomic E-state index is 12.7. The van der Waals surface area contributed by atoms with Gasteiger partial charge in [0.2, 0.25) is 0 Å². The van der Waals surface area contributed by atoms with Crippen LogP contribution in [0.1, 0.15) is 11.1 Å². The number of hydrogen-bond donors (Lipinski definition) is 2. The van der Waals surface area contributed by atoms with Crippen molar-refractivity contribution < 1.29 is 26.3 Å². The van der Waals surface area contributed by atoms with Gasteiger partial charge in [-0.1, -0.05) is 0 Å². The quantitative estimate of drug-likeness (QED) is 0.831. The van der Waals surface area contributed by atoms with Gasteiger partial charge in [-0.3, -0.25) is 4.79 Å². The van der Waals surface area contributed by atoms with Gasteiger partial charge in [-0.05, 0) is 24.3 Å². The molecule has 0 unspecified atom stereocenters. The fraction of sp³-hybridized carbons (Fsp3) is 0.167. The monoisotopic (exact) mass is 323 g/mol.